The van der Waals surface area contributed by atoms with Gasteiger partial charge in [0.25, 0.3) is 0 Å². The topological polar surface area (TPSA) is 56.4 Å². The molecule has 3 N–H and O–H groups in total. The van der Waals surface area contributed by atoms with Gasteiger partial charge in [0.05, 0.1) is 0 Å². The van der Waals surface area contributed by atoms with Crippen molar-refractivity contribution < 1.29 is 0 Å². The summed E-state index contributed by atoms with van der Waals surface area (Å²) in [6, 6.07) is 7.98. The summed E-state index contributed by atoms with van der Waals surface area (Å²) in [6.07, 6.45) is 3.92. The zero-order valence-electron chi connectivity index (χ0n) is 12.8. The minimum absolute atomic E-state index is 0.137. The molecule has 1 aromatic rings. The molecule has 4 nitrogen and oxygen atoms in total. The molecule has 0 unspecified atom stereocenters. The molecule has 0 atom stereocenters. The monoisotopic (exact) mass is 274 g/mol. The van der Waals surface area contributed by atoms with Crippen LogP contribution < -0.4 is 5.73 Å². The minimum atomic E-state index is 0.137. The Hall–Kier alpha value is -1.39. The smallest absolute Gasteiger partial charge is 0.122 e. The molecular formula is C16H26N4. The normalized spacial score (nSPS) is 17.2. The largest absolute Gasteiger partial charge is 0.384 e. The summed E-state index contributed by atoms with van der Waals surface area (Å²) in [5, 5.41) is 7.51. The van der Waals surface area contributed by atoms with Crippen molar-refractivity contribution in [1.82, 2.24) is 9.80 Å². The lowest BCUT2D eigenvalue weighted by Crippen LogP contribution is -2.56. The van der Waals surface area contributed by atoms with Gasteiger partial charge in [0.2, 0.25) is 0 Å². The van der Waals surface area contributed by atoms with Crippen LogP contribution in [0.3, 0.4) is 0 Å². The molecule has 0 aromatic heterocycles. The molecule has 0 spiro atoms. The number of hydrogen-bond acceptors (Lipinski definition) is 3. The van der Waals surface area contributed by atoms with Gasteiger partial charge in [0, 0.05) is 24.2 Å². The van der Waals surface area contributed by atoms with E-state index in [2.05, 4.69) is 37.0 Å². The van der Waals surface area contributed by atoms with Crippen molar-refractivity contribution in [2.75, 3.05) is 27.7 Å². The van der Waals surface area contributed by atoms with E-state index in [0.29, 0.717) is 5.54 Å². The Morgan fingerprint density at radius 2 is 2.00 bits per heavy atom. The molecule has 110 valence electrons. The van der Waals surface area contributed by atoms with E-state index in [4.69, 9.17) is 11.1 Å². The second-order valence-corrected chi connectivity index (χ2v) is 6.26. The maximum absolute atomic E-state index is 7.51. The molecule has 0 radical (unpaired) electrons. The number of nitrogen functional groups attached to an aromatic ring is 1. The van der Waals surface area contributed by atoms with Gasteiger partial charge in [-0.1, -0.05) is 18.2 Å². The molecule has 1 fully saturated rings. The van der Waals surface area contributed by atoms with Gasteiger partial charge in [-0.05, 0) is 52.0 Å². The molecule has 4 heteroatoms. The fourth-order valence-corrected chi connectivity index (χ4v) is 3.04. The fourth-order valence-electron chi connectivity index (χ4n) is 3.04. The Morgan fingerprint density at radius 1 is 1.30 bits per heavy atom. The van der Waals surface area contributed by atoms with E-state index < -0.39 is 0 Å². The Balaban J connectivity index is 1.99. The molecule has 0 heterocycles. The highest BCUT2D eigenvalue weighted by molar-refractivity contribution is 5.95. The lowest BCUT2D eigenvalue weighted by atomic mass is 9.75. The van der Waals surface area contributed by atoms with Gasteiger partial charge in [-0.15, -0.1) is 0 Å². The molecule has 20 heavy (non-hydrogen) atoms. The Morgan fingerprint density at radius 3 is 2.50 bits per heavy atom. The molecule has 1 aliphatic rings. The molecule has 0 saturated heterocycles. The van der Waals surface area contributed by atoms with Crippen LogP contribution in [0.25, 0.3) is 0 Å². The van der Waals surface area contributed by atoms with Crippen LogP contribution in [0.4, 0.5) is 0 Å². The van der Waals surface area contributed by atoms with Crippen LogP contribution in [0.1, 0.15) is 30.4 Å². The van der Waals surface area contributed by atoms with Crippen molar-refractivity contribution in [3.63, 3.8) is 0 Å². The summed E-state index contributed by atoms with van der Waals surface area (Å²) >= 11 is 0. The zero-order valence-corrected chi connectivity index (χ0v) is 12.8. The molecule has 1 saturated carbocycles. The first-order chi connectivity index (χ1) is 9.43. The van der Waals surface area contributed by atoms with Gasteiger partial charge >= 0.3 is 0 Å². The number of likely N-dealkylation sites (N-methyl/N-ethyl adjacent to an activating group) is 2. The number of nitrogens with two attached hydrogens (primary N) is 1. The van der Waals surface area contributed by atoms with E-state index >= 15 is 0 Å². The minimum Gasteiger partial charge on any atom is -0.384 e. The Labute approximate surface area is 122 Å². The highest BCUT2D eigenvalue weighted by Gasteiger charge is 2.39. The van der Waals surface area contributed by atoms with Gasteiger partial charge in [-0.2, -0.15) is 0 Å². The van der Waals surface area contributed by atoms with Crippen LogP contribution >= 0.6 is 0 Å². The molecule has 1 aromatic carbocycles. The Kier molecular flexibility index (Phi) is 4.45. The predicted octanol–water partition coefficient (Wildman–Crippen LogP) is 1.89. The summed E-state index contributed by atoms with van der Waals surface area (Å²) in [6.45, 7) is 1.99. The first kappa shape index (κ1) is 15.0. The molecular weight excluding hydrogens is 248 g/mol. The van der Waals surface area contributed by atoms with Crippen LogP contribution in [0.2, 0.25) is 0 Å². The maximum atomic E-state index is 7.51. The first-order valence-electron chi connectivity index (χ1n) is 7.22. The number of nitrogens with zero attached hydrogens (tertiary/aromatic N) is 2. The first-order valence-corrected chi connectivity index (χ1v) is 7.22. The van der Waals surface area contributed by atoms with E-state index in [1.165, 1.54) is 24.8 Å². The summed E-state index contributed by atoms with van der Waals surface area (Å²) in [5.74, 6) is 0.137. The highest BCUT2D eigenvalue weighted by atomic mass is 15.2. The number of hydrogen-bond donors (Lipinski definition) is 2. The standard InChI is InChI=1S/C16H26N4/c1-19(2)16(8-5-9-16)12-20(3)11-13-6-4-7-14(10-13)15(17)18/h4,6-7,10H,5,8-9,11-12H2,1-3H3,(H3,17,18). The summed E-state index contributed by atoms with van der Waals surface area (Å²) in [4.78, 5) is 4.75. The van der Waals surface area contributed by atoms with Crippen molar-refractivity contribution in [3.05, 3.63) is 35.4 Å². The summed E-state index contributed by atoms with van der Waals surface area (Å²) in [5.41, 5.74) is 7.93. The second-order valence-electron chi connectivity index (χ2n) is 6.26. The molecule has 0 amide bonds. The molecule has 2 rings (SSSR count). The van der Waals surface area contributed by atoms with E-state index in [9.17, 15) is 0 Å². The van der Waals surface area contributed by atoms with E-state index in [1.54, 1.807) is 0 Å². The van der Waals surface area contributed by atoms with Crippen molar-refractivity contribution in [3.8, 4) is 0 Å². The van der Waals surface area contributed by atoms with Gasteiger partial charge in [-0.3, -0.25) is 5.41 Å². The lowest BCUT2D eigenvalue weighted by Gasteiger charge is -2.49. The van der Waals surface area contributed by atoms with Crippen molar-refractivity contribution in [2.24, 2.45) is 5.73 Å². The number of benzene rings is 1. The van der Waals surface area contributed by atoms with Crippen LogP contribution in [-0.2, 0) is 6.54 Å². The average Bonchev–Trinajstić information content (AvgIpc) is 2.33. The summed E-state index contributed by atoms with van der Waals surface area (Å²) < 4.78 is 0. The fraction of sp³-hybridized carbons (Fsp3) is 0.562. The average molecular weight is 274 g/mol. The number of amidine groups is 1. The third-order valence-corrected chi connectivity index (χ3v) is 4.49. The third kappa shape index (κ3) is 3.19. The molecule has 0 bridgehead atoms. The Bertz CT molecular complexity index is 477. The van der Waals surface area contributed by atoms with Crippen LogP contribution in [0.5, 0.6) is 0 Å². The van der Waals surface area contributed by atoms with Crippen LogP contribution in [0.15, 0.2) is 24.3 Å². The lowest BCUT2D eigenvalue weighted by molar-refractivity contribution is 0.0259. The van der Waals surface area contributed by atoms with E-state index in [0.717, 1.165) is 18.7 Å². The SMILES string of the molecule is CN(Cc1cccc(C(=N)N)c1)CC1(N(C)C)CCC1. The number of rotatable bonds is 6. The van der Waals surface area contributed by atoms with Gasteiger partial charge in [0.15, 0.2) is 0 Å². The highest BCUT2D eigenvalue weighted by Crippen LogP contribution is 2.36. The van der Waals surface area contributed by atoms with Crippen LogP contribution in [-0.4, -0.2) is 48.9 Å². The number of nitrogens with one attached hydrogen (secondary N) is 1. The van der Waals surface area contributed by atoms with Gasteiger partial charge < -0.3 is 15.5 Å². The maximum Gasteiger partial charge on any atom is 0.122 e. The van der Waals surface area contributed by atoms with Gasteiger partial charge in [-0.25, -0.2) is 0 Å². The van der Waals surface area contributed by atoms with Gasteiger partial charge in [0.1, 0.15) is 5.84 Å². The molecule has 1 aliphatic carbocycles. The van der Waals surface area contributed by atoms with Crippen LogP contribution in [0, 0.1) is 5.41 Å². The van der Waals surface area contributed by atoms with Crippen molar-refractivity contribution in [2.45, 2.75) is 31.3 Å². The predicted molar refractivity (Wildman–Crippen MR) is 84.1 cm³/mol. The summed E-state index contributed by atoms with van der Waals surface area (Å²) in [7, 11) is 6.54. The third-order valence-electron chi connectivity index (χ3n) is 4.49. The quantitative estimate of drug-likeness (QED) is 0.615. The van der Waals surface area contributed by atoms with Crippen molar-refractivity contribution in [1.29, 1.82) is 5.41 Å². The van der Waals surface area contributed by atoms with Crippen molar-refractivity contribution >= 4 is 5.84 Å². The zero-order chi connectivity index (χ0) is 14.8. The second kappa shape index (κ2) is 5.94. The van der Waals surface area contributed by atoms with E-state index in [1.807, 2.05) is 18.2 Å². The van der Waals surface area contributed by atoms with E-state index in [-0.39, 0.29) is 5.84 Å². The molecule has 0 aliphatic heterocycles.